The maximum atomic E-state index is 12.5. The average molecular weight is 378 g/mol. The first-order valence-corrected chi connectivity index (χ1v) is 8.68. The number of carbonyl (C=O) groups is 1. The number of pyridine rings is 1. The van der Waals surface area contributed by atoms with Crippen molar-refractivity contribution in [2.75, 3.05) is 13.9 Å². The smallest absolute Gasteiger partial charge is 0.255 e. The molecule has 7 heteroatoms. The summed E-state index contributed by atoms with van der Waals surface area (Å²) in [6, 6.07) is 15.4. The minimum absolute atomic E-state index is 0.206. The summed E-state index contributed by atoms with van der Waals surface area (Å²) in [6.45, 7) is 0.537. The van der Waals surface area contributed by atoms with E-state index in [-0.39, 0.29) is 18.3 Å². The SMILES string of the molecule is COc1ccc(-n2cc(C(=O)NCc3ccc4c(c3)OCO4)ccc2=O)cc1. The van der Waals surface area contributed by atoms with Gasteiger partial charge in [0.2, 0.25) is 6.79 Å². The van der Waals surface area contributed by atoms with Crippen LogP contribution in [0.3, 0.4) is 0 Å². The molecule has 1 aromatic heterocycles. The first-order valence-electron chi connectivity index (χ1n) is 8.68. The van der Waals surface area contributed by atoms with Crippen LogP contribution in [-0.2, 0) is 6.54 Å². The molecule has 28 heavy (non-hydrogen) atoms. The number of aromatic nitrogens is 1. The molecule has 0 radical (unpaired) electrons. The number of rotatable bonds is 5. The average Bonchev–Trinajstić information content (AvgIpc) is 3.20. The van der Waals surface area contributed by atoms with Crippen LogP contribution in [0, 0.1) is 0 Å². The molecular weight excluding hydrogens is 360 g/mol. The van der Waals surface area contributed by atoms with Gasteiger partial charge in [0.1, 0.15) is 5.75 Å². The van der Waals surface area contributed by atoms with E-state index in [4.69, 9.17) is 14.2 Å². The fraction of sp³-hybridized carbons (Fsp3) is 0.143. The van der Waals surface area contributed by atoms with Crippen LogP contribution in [0.4, 0.5) is 0 Å². The van der Waals surface area contributed by atoms with Gasteiger partial charge in [-0.3, -0.25) is 14.2 Å². The maximum Gasteiger partial charge on any atom is 0.255 e. The van der Waals surface area contributed by atoms with E-state index in [2.05, 4.69) is 5.32 Å². The largest absolute Gasteiger partial charge is 0.497 e. The highest BCUT2D eigenvalue weighted by Crippen LogP contribution is 2.32. The van der Waals surface area contributed by atoms with E-state index in [9.17, 15) is 9.59 Å². The van der Waals surface area contributed by atoms with E-state index in [1.165, 1.54) is 22.9 Å². The second kappa shape index (κ2) is 7.48. The van der Waals surface area contributed by atoms with Gasteiger partial charge in [-0.25, -0.2) is 0 Å². The molecule has 7 nitrogen and oxygen atoms in total. The van der Waals surface area contributed by atoms with Crippen LogP contribution in [0.5, 0.6) is 17.2 Å². The molecule has 2 aromatic carbocycles. The summed E-state index contributed by atoms with van der Waals surface area (Å²) in [5.41, 5.74) is 1.70. The Kier molecular flexibility index (Phi) is 4.72. The Hall–Kier alpha value is -3.74. The second-order valence-electron chi connectivity index (χ2n) is 6.19. The quantitative estimate of drug-likeness (QED) is 0.738. The Bertz CT molecular complexity index is 1070. The molecule has 0 saturated carbocycles. The highest BCUT2D eigenvalue weighted by molar-refractivity contribution is 5.93. The summed E-state index contributed by atoms with van der Waals surface area (Å²) in [5, 5.41) is 2.85. The molecule has 0 atom stereocenters. The van der Waals surface area contributed by atoms with E-state index < -0.39 is 0 Å². The molecule has 0 bridgehead atoms. The van der Waals surface area contributed by atoms with Crippen LogP contribution >= 0.6 is 0 Å². The molecule has 4 rings (SSSR count). The van der Waals surface area contributed by atoms with Gasteiger partial charge >= 0.3 is 0 Å². The number of carbonyl (C=O) groups excluding carboxylic acids is 1. The number of hydrogen-bond acceptors (Lipinski definition) is 5. The normalized spacial score (nSPS) is 11.9. The molecule has 0 saturated heterocycles. The van der Waals surface area contributed by atoms with E-state index in [0.717, 1.165) is 5.56 Å². The first-order chi connectivity index (χ1) is 13.6. The van der Waals surface area contributed by atoms with Gasteiger partial charge in [0, 0.05) is 24.5 Å². The molecule has 142 valence electrons. The van der Waals surface area contributed by atoms with Gasteiger partial charge in [-0.1, -0.05) is 6.07 Å². The van der Waals surface area contributed by atoms with Crippen LogP contribution in [0.15, 0.2) is 65.6 Å². The molecule has 1 aliphatic heterocycles. The Labute approximate surface area is 161 Å². The van der Waals surface area contributed by atoms with Crippen molar-refractivity contribution >= 4 is 5.91 Å². The van der Waals surface area contributed by atoms with Gasteiger partial charge in [-0.05, 0) is 48.0 Å². The number of fused-ring (bicyclic) bond motifs is 1. The number of nitrogens with zero attached hydrogens (tertiary/aromatic N) is 1. The summed E-state index contributed by atoms with van der Waals surface area (Å²) in [5.74, 6) is 1.77. The first kappa shape index (κ1) is 17.7. The van der Waals surface area contributed by atoms with Gasteiger partial charge < -0.3 is 19.5 Å². The van der Waals surface area contributed by atoms with Crippen molar-refractivity contribution in [2.24, 2.45) is 0 Å². The topological polar surface area (TPSA) is 78.8 Å². The van der Waals surface area contributed by atoms with Gasteiger partial charge in [-0.2, -0.15) is 0 Å². The summed E-state index contributed by atoms with van der Waals surface area (Å²) >= 11 is 0. The zero-order valence-electron chi connectivity index (χ0n) is 15.2. The van der Waals surface area contributed by atoms with Crippen molar-refractivity contribution in [1.82, 2.24) is 9.88 Å². The zero-order chi connectivity index (χ0) is 19.5. The van der Waals surface area contributed by atoms with E-state index in [0.29, 0.717) is 35.0 Å². The van der Waals surface area contributed by atoms with Crippen molar-refractivity contribution in [3.63, 3.8) is 0 Å². The minimum Gasteiger partial charge on any atom is -0.497 e. The molecule has 3 aromatic rings. The van der Waals surface area contributed by atoms with Crippen molar-refractivity contribution < 1.29 is 19.0 Å². The predicted octanol–water partition coefficient (Wildman–Crippen LogP) is 2.50. The van der Waals surface area contributed by atoms with Crippen molar-refractivity contribution in [3.05, 3.63) is 82.3 Å². The Morgan fingerprint density at radius 1 is 1.07 bits per heavy atom. The lowest BCUT2D eigenvalue weighted by Gasteiger charge is -2.10. The summed E-state index contributed by atoms with van der Waals surface area (Å²) < 4.78 is 17.2. The minimum atomic E-state index is -0.278. The van der Waals surface area contributed by atoms with Gasteiger partial charge in [0.25, 0.3) is 11.5 Å². The summed E-state index contributed by atoms with van der Waals surface area (Å²) in [7, 11) is 1.58. The second-order valence-corrected chi connectivity index (χ2v) is 6.19. The molecule has 0 spiro atoms. The van der Waals surface area contributed by atoms with Crippen molar-refractivity contribution in [3.8, 4) is 22.9 Å². The van der Waals surface area contributed by atoms with Gasteiger partial charge in [0.15, 0.2) is 11.5 Å². The number of benzene rings is 2. The fourth-order valence-corrected chi connectivity index (χ4v) is 2.90. The lowest BCUT2D eigenvalue weighted by atomic mass is 10.2. The van der Waals surface area contributed by atoms with E-state index in [1.54, 1.807) is 31.4 Å². The highest BCUT2D eigenvalue weighted by atomic mass is 16.7. The third-order valence-electron chi connectivity index (χ3n) is 4.41. The molecule has 2 heterocycles. The zero-order valence-corrected chi connectivity index (χ0v) is 15.2. The van der Waals surface area contributed by atoms with Crippen molar-refractivity contribution in [1.29, 1.82) is 0 Å². The van der Waals surface area contributed by atoms with Crippen LogP contribution in [-0.4, -0.2) is 24.4 Å². The molecule has 1 N–H and O–H groups in total. The Morgan fingerprint density at radius 3 is 2.64 bits per heavy atom. The maximum absolute atomic E-state index is 12.5. The number of nitrogens with one attached hydrogen (secondary N) is 1. The van der Waals surface area contributed by atoms with Gasteiger partial charge in [-0.15, -0.1) is 0 Å². The molecule has 0 aliphatic carbocycles. The third-order valence-corrected chi connectivity index (χ3v) is 4.41. The standard InChI is InChI=1S/C21H18N2O5/c1-26-17-6-4-16(5-7-17)23-12-15(3-9-20(23)24)21(25)22-11-14-2-8-18-19(10-14)28-13-27-18/h2-10,12H,11,13H2,1H3,(H,22,25). The number of ether oxygens (including phenoxy) is 3. The molecule has 1 aliphatic rings. The van der Waals surface area contributed by atoms with Crippen LogP contribution in [0.25, 0.3) is 5.69 Å². The highest BCUT2D eigenvalue weighted by Gasteiger charge is 2.14. The van der Waals surface area contributed by atoms with E-state index in [1.807, 2.05) is 18.2 Å². The number of hydrogen-bond donors (Lipinski definition) is 1. The van der Waals surface area contributed by atoms with Gasteiger partial charge in [0.05, 0.1) is 12.7 Å². The van der Waals surface area contributed by atoms with Crippen LogP contribution < -0.4 is 25.1 Å². The molecule has 1 amide bonds. The predicted molar refractivity (Wildman–Crippen MR) is 102 cm³/mol. The summed E-state index contributed by atoms with van der Waals surface area (Å²) in [6.07, 6.45) is 1.53. The third kappa shape index (κ3) is 3.55. The lowest BCUT2D eigenvalue weighted by Crippen LogP contribution is -2.25. The fourth-order valence-electron chi connectivity index (χ4n) is 2.90. The summed E-state index contributed by atoms with van der Waals surface area (Å²) in [4.78, 5) is 24.8. The monoisotopic (exact) mass is 378 g/mol. The lowest BCUT2D eigenvalue weighted by molar-refractivity contribution is 0.0950. The number of methoxy groups -OCH3 is 1. The van der Waals surface area contributed by atoms with Crippen molar-refractivity contribution in [2.45, 2.75) is 6.54 Å². The van der Waals surface area contributed by atoms with E-state index >= 15 is 0 Å². The number of amides is 1. The van der Waals surface area contributed by atoms with Crippen LogP contribution in [0.1, 0.15) is 15.9 Å². The Morgan fingerprint density at radius 2 is 1.86 bits per heavy atom. The Balaban J connectivity index is 1.50. The molecule has 0 fully saturated rings. The molecular formula is C21H18N2O5. The molecule has 0 unspecified atom stereocenters. The van der Waals surface area contributed by atoms with Crippen LogP contribution in [0.2, 0.25) is 0 Å².